The Hall–Kier alpha value is -1.77. The SMILES string of the molecule is CCCC1CCC(CCc2ccc(-c3cc(F)cc(F)c3)c(F)c2)CC1. The summed E-state index contributed by atoms with van der Waals surface area (Å²) in [7, 11) is 0. The summed E-state index contributed by atoms with van der Waals surface area (Å²) in [6.07, 6.45) is 9.80. The Balaban J connectivity index is 1.60. The second-order valence-corrected chi connectivity index (χ2v) is 7.69. The summed E-state index contributed by atoms with van der Waals surface area (Å²) in [5.41, 5.74) is 1.44. The molecule has 0 saturated heterocycles. The molecule has 0 unspecified atom stereocenters. The lowest BCUT2D eigenvalue weighted by Crippen LogP contribution is -2.15. The second-order valence-electron chi connectivity index (χ2n) is 7.69. The van der Waals surface area contributed by atoms with Crippen molar-refractivity contribution in [2.75, 3.05) is 0 Å². The van der Waals surface area contributed by atoms with E-state index in [4.69, 9.17) is 0 Å². The van der Waals surface area contributed by atoms with E-state index in [-0.39, 0.29) is 11.1 Å². The lowest BCUT2D eigenvalue weighted by Gasteiger charge is -2.28. The van der Waals surface area contributed by atoms with Crippen molar-refractivity contribution in [3.8, 4) is 11.1 Å². The number of hydrogen-bond donors (Lipinski definition) is 0. The highest BCUT2D eigenvalue weighted by atomic mass is 19.1. The average molecular weight is 360 g/mol. The van der Waals surface area contributed by atoms with Gasteiger partial charge in [-0.15, -0.1) is 0 Å². The average Bonchev–Trinajstić information content (AvgIpc) is 2.60. The Labute approximate surface area is 154 Å². The maximum Gasteiger partial charge on any atom is 0.131 e. The zero-order valence-corrected chi connectivity index (χ0v) is 15.4. The van der Waals surface area contributed by atoms with Gasteiger partial charge in [0, 0.05) is 11.6 Å². The first-order chi connectivity index (χ1) is 12.5. The quantitative estimate of drug-likeness (QED) is 0.506. The summed E-state index contributed by atoms with van der Waals surface area (Å²) in [4.78, 5) is 0. The van der Waals surface area contributed by atoms with Crippen LogP contribution in [0.1, 0.15) is 57.4 Å². The highest BCUT2D eigenvalue weighted by Crippen LogP contribution is 2.34. The van der Waals surface area contributed by atoms with Crippen LogP contribution < -0.4 is 0 Å². The third-order valence-electron chi connectivity index (χ3n) is 5.71. The maximum atomic E-state index is 14.5. The van der Waals surface area contributed by atoms with Gasteiger partial charge in [0.15, 0.2) is 0 Å². The van der Waals surface area contributed by atoms with Crippen molar-refractivity contribution in [2.45, 2.75) is 58.3 Å². The zero-order chi connectivity index (χ0) is 18.5. The monoisotopic (exact) mass is 360 g/mol. The van der Waals surface area contributed by atoms with Crippen molar-refractivity contribution < 1.29 is 13.2 Å². The van der Waals surface area contributed by atoms with E-state index in [2.05, 4.69) is 6.92 Å². The van der Waals surface area contributed by atoms with Crippen LogP contribution in [0.5, 0.6) is 0 Å². The minimum atomic E-state index is -0.692. The van der Waals surface area contributed by atoms with Crippen LogP contribution in [0, 0.1) is 29.3 Å². The van der Waals surface area contributed by atoms with E-state index in [1.54, 1.807) is 6.07 Å². The Morgan fingerprint density at radius 2 is 1.42 bits per heavy atom. The normalized spacial score (nSPS) is 20.3. The van der Waals surface area contributed by atoms with E-state index in [9.17, 15) is 13.2 Å². The van der Waals surface area contributed by atoms with Crippen LogP contribution in [0.25, 0.3) is 11.1 Å². The molecule has 0 aromatic heterocycles. The van der Waals surface area contributed by atoms with E-state index in [1.807, 2.05) is 6.07 Å². The molecule has 0 atom stereocenters. The lowest BCUT2D eigenvalue weighted by atomic mass is 9.78. The zero-order valence-electron chi connectivity index (χ0n) is 15.4. The molecule has 3 rings (SSSR count). The summed E-state index contributed by atoms with van der Waals surface area (Å²) in [6.45, 7) is 2.25. The lowest BCUT2D eigenvalue weighted by molar-refractivity contribution is 0.252. The summed E-state index contributed by atoms with van der Waals surface area (Å²) < 4.78 is 41.2. The van der Waals surface area contributed by atoms with Crippen molar-refractivity contribution in [2.24, 2.45) is 11.8 Å². The number of benzene rings is 2. The third-order valence-corrected chi connectivity index (χ3v) is 5.71. The standard InChI is InChI=1S/C23H27F3/c1-2-3-16-4-6-17(7-5-16)8-9-18-10-11-22(23(26)12-18)19-13-20(24)15-21(25)14-19/h10-17H,2-9H2,1H3. The fraction of sp³-hybridized carbons (Fsp3) is 0.478. The van der Waals surface area contributed by atoms with Crippen LogP contribution in [0.15, 0.2) is 36.4 Å². The van der Waals surface area contributed by atoms with Gasteiger partial charge in [-0.2, -0.15) is 0 Å². The topological polar surface area (TPSA) is 0 Å². The van der Waals surface area contributed by atoms with Crippen LogP contribution in [-0.2, 0) is 6.42 Å². The van der Waals surface area contributed by atoms with Gasteiger partial charge in [-0.1, -0.05) is 57.6 Å². The van der Waals surface area contributed by atoms with Gasteiger partial charge >= 0.3 is 0 Å². The van der Waals surface area contributed by atoms with Crippen LogP contribution in [0.2, 0.25) is 0 Å². The molecule has 1 saturated carbocycles. The fourth-order valence-corrected chi connectivity index (χ4v) is 4.25. The van der Waals surface area contributed by atoms with Crippen molar-refractivity contribution in [3.63, 3.8) is 0 Å². The number of halogens is 3. The molecule has 0 heterocycles. The predicted octanol–water partition coefficient (Wildman–Crippen LogP) is 7.31. The Morgan fingerprint density at radius 1 is 0.808 bits per heavy atom. The Morgan fingerprint density at radius 3 is 2.00 bits per heavy atom. The summed E-state index contributed by atoms with van der Waals surface area (Å²) in [5.74, 6) is -0.161. The first kappa shape index (κ1) is 19.0. The minimum Gasteiger partial charge on any atom is -0.207 e. The van der Waals surface area contributed by atoms with Gasteiger partial charge in [0.1, 0.15) is 17.5 Å². The fourth-order valence-electron chi connectivity index (χ4n) is 4.25. The van der Waals surface area contributed by atoms with Gasteiger partial charge in [-0.25, -0.2) is 13.2 Å². The van der Waals surface area contributed by atoms with Gasteiger partial charge in [0.05, 0.1) is 0 Å². The smallest absolute Gasteiger partial charge is 0.131 e. The van der Waals surface area contributed by atoms with Crippen molar-refractivity contribution >= 4 is 0 Å². The molecule has 3 heteroatoms. The molecule has 0 radical (unpaired) electrons. The van der Waals surface area contributed by atoms with Crippen molar-refractivity contribution in [1.82, 2.24) is 0 Å². The number of aryl methyl sites for hydroxylation is 1. The van der Waals surface area contributed by atoms with Crippen molar-refractivity contribution in [1.29, 1.82) is 0 Å². The minimum absolute atomic E-state index is 0.237. The molecule has 0 spiro atoms. The molecule has 2 aromatic rings. The van der Waals surface area contributed by atoms with Crippen molar-refractivity contribution in [3.05, 3.63) is 59.4 Å². The molecule has 26 heavy (non-hydrogen) atoms. The summed E-state index contributed by atoms with van der Waals surface area (Å²) in [5, 5.41) is 0. The van der Waals surface area contributed by atoms with Gasteiger partial charge in [0.25, 0.3) is 0 Å². The first-order valence-electron chi connectivity index (χ1n) is 9.80. The molecule has 140 valence electrons. The van der Waals surface area contributed by atoms with Gasteiger partial charge in [-0.3, -0.25) is 0 Å². The Bertz CT molecular complexity index is 710. The van der Waals surface area contributed by atoms with E-state index in [0.29, 0.717) is 0 Å². The number of hydrogen-bond acceptors (Lipinski definition) is 0. The van der Waals surface area contributed by atoms with Crippen LogP contribution >= 0.6 is 0 Å². The first-order valence-corrected chi connectivity index (χ1v) is 9.80. The molecule has 1 fully saturated rings. The molecule has 0 nitrogen and oxygen atoms in total. The van der Waals surface area contributed by atoms with E-state index in [1.165, 1.54) is 44.6 Å². The molecular formula is C23H27F3. The van der Waals surface area contributed by atoms with Crippen LogP contribution in [-0.4, -0.2) is 0 Å². The molecule has 0 N–H and O–H groups in total. The molecule has 0 aliphatic heterocycles. The predicted molar refractivity (Wildman–Crippen MR) is 100 cm³/mol. The highest BCUT2D eigenvalue weighted by molar-refractivity contribution is 5.64. The largest absolute Gasteiger partial charge is 0.207 e. The van der Waals surface area contributed by atoms with E-state index < -0.39 is 17.5 Å². The van der Waals surface area contributed by atoms with Crippen LogP contribution in [0.3, 0.4) is 0 Å². The summed E-state index contributed by atoms with van der Waals surface area (Å²) in [6, 6.07) is 8.15. The highest BCUT2D eigenvalue weighted by Gasteiger charge is 2.20. The van der Waals surface area contributed by atoms with Gasteiger partial charge < -0.3 is 0 Å². The molecule has 1 aliphatic rings. The molecule has 1 aliphatic carbocycles. The summed E-state index contributed by atoms with van der Waals surface area (Å²) >= 11 is 0. The van der Waals surface area contributed by atoms with Gasteiger partial charge in [-0.05, 0) is 54.0 Å². The molecule has 2 aromatic carbocycles. The Kier molecular flexibility index (Phi) is 6.39. The van der Waals surface area contributed by atoms with Crippen LogP contribution in [0.4, 0.5) is 13.2 Å². The molecule has 0 amide bonds. The maximum absolute atomic E-state index is 14.5. The van der Waals surface area contributed by atoms with E-state index >= 15 is 0 Å². The second kappa shape index (κ2) is 8.75. The van der Waals surface area contributed by atoms with Gasteiger partial charge in [0.2, 0.25) is 0 Å². The third kappa shape index (κ3) is 4.90. The molecule has 0 bridgehead atoms. The van der Waals surface area contributed by atoms with E-state index in [0.717, 1.165) is 48.4 Å². The molecular weight excluding hydrogens is 333 g/mol. The number of rotatable bonds is 6.